The number of benzene rings is 1. The van der Waals surface area contributed by atoms with E-state index in [2.05, 4.69) is 24.8 Å². The molecule has 0 unspecified atom stereocenters. The first-order valence-electron chi connectivity index (χ1n) is 6.58. The topological polar surface area (TPSA) is 62.3 Å². The molecule has 0 radical (unpaired) electrons. The fraction of sp³-hybridized carbons (Fsp3) is 0.533. The van der Waals surface area contributed by atoms with Gasteiger partial charge in [0.1, 0.15) is 5.75 Å². The maximum atomic E-state index is 8.74. The zero-order valence-electron chi connectivity index (χ0n) is 12.0. The summed E-state index contributed by atoms with van der Waals surface area (Å²) in [4.78, 5) is 2.27. The Morgan fingerprint density at radius 2 is 2.16 bits per heavy atom. The zero-order chi connectivity index (χ0) is 14.3. The molecule has 0 heterocycles. The van der Waals surface area contributed by atoms with E-state index in [4.69, 9.17) is 15.7 Å². The molecule has 0 aliphatic carbocycles. The predicted octanol–water partition coefficient (Wildman–Crippen LogP) is 2.65. The zero-order valence-corrected chi connectivity index (χ0v) is 12.0. The van der Waals surface area contributed by atoms with Crippen LogP contribution in [0.3, 0.4) is 0 Å². The van der Waals surface area contributed by atoms with Gasteiger partial charge in [-0.1, -0.05) is 13.8 Å². The van der Waals surface area contributed by atoms with Crippen LogP contribution in [0.4, 0.5) is 5.69 Å². The molecule has 0 aliphatic heterocycles. The second-order valence-electron chi connectivity index (χ2n) is 5.11. The Morgan fingerprint density at radius 3 is 2.74 bits per heavy atom. The number of hydrogen-bond donors (Lipinski definition) is 1. The van der Waals surface area contributed by atoms with Gasteiger partial charge in [0.15, 0.2) is 0 Å². The average Bonchev–Trinajstić information content (AvgIpc) is 2.35. The summed E-state index contributed by atoms with van der Waals surface area (Å²) in [5.74, 6) is 1.41. The summed E-state index contributed by atoms with van der Waals surface area (Å²) in [6.45, 7) is 6.84. The van der Waals surface area contributed by atoms with Crippen LogP contribution in [0.5, 0.6) is 5.75 Å². The summed E-state index contributed by atoms with van der Waals surface area (Å²) in [6.07, 6.45) is 0.539. The summed E-state index contributed by atoms with van der Waals surface area (Å²) >= 11 is 0. The normalized spacial score (nSPS) is 10.7. The Kier molecular flexibility index (Phi) is 6.17. The highest BCUT2D eigenvalue weighted by Gasteiger charge is 2.11. The van der Waals surface area contributed by atoms with Crippen molar-refractivity contribution in [2.24, 2.45) is 5.92 Å². The van der Waals surface area contributed by atoms with Crippen LogP contribution in [0.15, 0.2) is 18.2 Å². The van der Waals surface area contributed by atoms with Crippen LogP contribution >= 0.6 is 0 Å². The van der Waals surface area contributed by atoms with E-state index in [9.17, 15) is 0 Å². The molecule has 4 heteroatoms. The highest BCUT2D eigenvalue weighted by Crippen LogP contribution is 2.23. The highest BCUT2D eigenvalue weighted by molar-refractivity contribution is 5.47. The fourth-order valence-corrected chi connectivity index (χ4v) is 2.12. The molecule has 0 aliphatic rings. The lowest BCUT2D eigenvalue weighted by Crippen LogP contribution is -2.28. The monoisotopic (exact) mass is 261 g/mol. The standard InChI is InChI=1S/C15H23N3O/c1-12(2)10-18(8-4-7-16)11-13-9-14(17)5-6-15(13)19-3/h5-6,9,12H,4,8,10-11,17H2,1-3H3. The second kappa shape index (κ2) is 7.65. The van der Waals surface area contributed by atoms with E-state index in [0.29, 0.717) is 12.3 Å². The van der Waals surface area contributed by atoms with Crippen LogP contribution in [0.25, 0.3) is 0 Å². The summed E-state index contributed by atoms with van der Waals surface area (Å²) in [5, 5.41) is 8.74. The van der Waals surface area contributed by atoms with E-state index in [0.717, 1.165) is 36.6 Å². The summed E-state index contributed by atoms with van der Waals surface area (Å²) in [5.41, 5.74) is 7.64. The molecule has 1 aromatic rings. The first-order valence-corrected chi connectivity index (χ1v) is 6.58. The minimum atomic E-state index is 0.539. The van der Waals surface area contributed by atoms with E-state index in [1.807, 2.05) is 18.2 Å². The molecule has 0 fully saturated rings. The third-order valence-corrected chi connectivity index (χ3v) is 2.86. The average molecular weight is 261 g/mol. The van der Waals surface area contributed by atoms with E-state index in [1.54, 1.807) is 7.11 Å². The molecular weight excluding hydrogens is 238 g/mol. The van der Waals surface area contributed by atoms with Crippen LogP contribution in [-0.2, 0) is 6.54 Å². The molecule has 1 rings (SSSR count). The van der Waals surface area contributed by atoms with Gasteiger partial charge in [-0.05, 0) is 24.1 Å². The molecule has 0 saturated heterocycles. The van der Waals surface area contributed by atoms with Crippen molar-refractivity contribution in [3.8, 4) is 11.8 Å². The first-order chi connectivity index (χ1) is 9.06. The number of nitrogen functional groups attached to an aromatic ring is 1. The number of nitriles is 1. The Labute approximate surface area is 115 Å². The van der Waals surface area contributed by atoms with Gasteiger partial charge < -0.3 is 10.5 Å². The van der Waals surface area contributed by atoms with Crippen LogP contribution in [0.1, 0.15) is 25.8 Å². The number of hydrogen-bond acceptors (Lipinski definition) is 4. The fourth-order valence-electron chi connectivity index (χ4n) is 2.12. The molecule has 0 saturated carbocycles. The number of anilines is 1. The predicted molar refractivity (Wildman–Crippen MR) is 77.8 cm³/mol. The Bertz CT molecular complexity index is 438. The lowest BCUT2D eigenvalue weighted by atomic mass is 10.1. The number of nitrogens with two attached hydrogens (primary N) is 1. The van der Waals surface area contributed by atoms with Crippen molar-refractivity contribution in [1.29, 1.82) is 5.26 Å². The Balaban J connectivity index is 2.82. The molecule has 0 aromatic heterocycles. The summed E-state index contributed by atoms with van der Waals surface area (Å²) in [7, 11) is 1.66. The van der Waals surface area contributed by atoms with Gasteiger partial charge in [0.25, 0.3) is 0 Å². The van der Waals surface area contributed by atoms with Crippen molar-refractivity contribution < 1.29 is 4.74 Å². The molecular formula is C15H23N3O. The highest BCUT2D eigenvalue weighted by atomic mass is 16.5. The van der Waals surface area contributed by atoms with E-state index >= 15 is 0 Å². The van der Waals surface area contributed by atoms with Crippen molar-refractivity contribution in [2.45, 2.75) is 26.8 Å². The van der Waals surface area contributed by atoms with Gasteiger partial charge in [-0.2, -0.15) is 5.26 Å². The van der Waals surface area contributed by atoms with Gasteiger partial charge in [0.05, 0.1) is 13.2 Å². The number of rotatable bonds is 7. The molecule has 0 atom stereocenters. The van der Waals surface area contributed by atoms with Crippen molar-refractivity contribution >= 4 is 5.69 Å². The van der Waals surface area contributed by atoms with Crippen LogP contribution in [0, 0.1) is 17.2 Å². The summed E-state index contributed by atoms with van der Waals surface area (Å²) in [6, 6.07) is 7.87. The van der Waals surface area contributed by atoms with Crippen LogP contribution in [0.2, 0.25) is 0 Å². The quantitative estimate of drug-likeness (QED) is 0.766. The molecule has 104 valence electrons. The molecule has 4 nitrogen and oxygen atoms in total. The number of nitrogens with zero attached hydrogens (tertiary/aromatic N) is 2. The lowest BCUT2D eigenvalue weighted by molar-refractivity contribution is 0.238. The SMILES string of the molecule is COc1ccc(N)cc1CN(CCC#N)CC(C)C. The van der Waals surface area contributed by atoms with Crippen molar-refractivity contribution in [2.75, 3.05) is 25.9 Å². The number of methoxy groups -OCH3 is 1. The van der Waals surface area contributed by atoms with Gasteiger partial charge in [-0.15, -0.1) is 0 Å². The summed E-state index contributed by atoms with van der Waals surface area (Å²) < 4.78 is 5.36. The van der Waals surface area contributed by atoms with Gasteiger partial charge in [-0.25, -0.2) is 0 Å². The third kappa shape index (κ3) is 5.19. The van der Waals surface area contributed by atoms with Gasteiger partial charge >= 0.3 is 0 Å². The molecule has 0 bridgehead atoms. The molecule has 2 N–H and O–H groups in total. The van der Waals surface area contributed by atoms with Crippen LogP contribution < -0.4 is 10.5 Å². The molecule has 19 heavy (non-hydrogen) atoms. The van der Waals surface area contributed by atoms with Gasteiger partial charge in [0.2, 0.25) is 0 Å². The van der Waals surface area contributed by atoms with Crippen molar-refractivity contribution in [3.63, 3.8) is 0 Å². The maximum absolute atomic E-state index is 8.74. The van der Waals surface area contributed by atoms with E-state index < -0.39 is 0 Å². The smallest absolute Gasteiger partial charge is 0.123 e. The molecule has 0 amide bonds. The Morgan fingerprint density at radius 1 is 1.42 bits per heavy atom. The van der Waals surface area contributed by atoms with Gasteiger partial charge in [0, 0.05) is 37.3 Å². The first kappa shape index (κ1) is 15.3. The minimum absolute atomic E-state index is 0.539. The minimum Gasteiger partial charge on any atom is -0.496 e. The number of ether oxygens (including phenoxy) is 1. The van der Waals surface area contributed by atoms with Crippen molar-refractivity contribution in [3.05, 3.63) is 23.8 Å². The van der Waals surface area contributed by atoms with E-state index in [-0.39, 0.29) is 0 Å². The Hall–Kier alpha value is -1.73. The molecule has 1 aromatic carbocycles. The third-order valence-electron chi connectivity index (χ3n) is 2.86. The van der Waals surface area contributed by atoms with Crippen molar-refractivity contribution in [1.82, 2.24) is 4.90 Å². The van der Waals surface area contributed by atoms with E-state index in [1.165, 1.54) is 0 Å². The lowest BCUT2D eigenvalue weighted by Gasteiger charge is -2.24. The van der Waals surface area contributed by atoms with Crippen LogP contribution in [-0.4, -0.2) is 25.1 Å². The molecule has 0 spiro atoms. The largest absolute Gasteiger partial charge is 0.496 e. The van der Waals surface area contributed by atoms with Gasteiger partial charge in [-0.3, -0.25) is 4.90 Å². The second-order valence-corrected chi connectivity index (χ2v) is 5.11. The maximum Gasteiger partial charge on any atom is 0.123 e.